The maximum Gasteiger partial charge on any atom is 0.411 e. The molecular weight excluding hydrogens is 276 g/mol. The summed E-state index contributed by atoms with van der Waals surface area (Å²) in [6, 6.07) is 4.26. The third-order valence-corrected chi connectivity index (χ3v) is 4.65. The Kier molecular flexibility index (Phi) is 5.83. The van der Waals surface area contributed by atoms with Gasteiger partial charge in [-0.05, 0) is 62.3 Å². The number of nitrogens with zero attached hydrogens (tertiary/aromatic N) is 1. The molecule has 0 aliphatic carbocycles. The minimum Gasteiger partial charge on any atom is -0.465 e. The van der Waals surface area contributed by atoms with Crippen molar-refractivity contribution in [2.24, 2.45) is 0 Å². The second-order valence-electron chi connectivity index (χ2n) is 6.28. The normalized spacial score (nSPS) is 18.2. The van der Waals surface area contributed by atoms with Gasteiger partial charge in [0.1, 0.15) is 0 Å². The first-order valence-electron chi connectivity index (χ1n) is 8.37. The third-order valence-electron chi connectivity index (χ3n) is 4.65. The molecule has 1 unspecified atom stereocenters. The Morgan fingerprint density at radius 1 is 1.41 bits per heavy atom. The Labute approximate surface area is 133 Å². The number of carbonyl (C=O) groups is 1. The summed E-state index contributed by atoms with van der Waals surface area (Å²) < 4.78 is 0. The largest absolute Gasteiger partial charge is 0.465 e. The van der Waals surface area contributed by atoms with Crippen LogP contribution in [0.2, 0.25) is 0 Å². The van der Waals surface area contributed by atoms with Gasteiger partial charge in [-0.3, -0.25) is 4.90 Å². The van der Waals surface area contributed by atoms with E-state index in [9.17, 15) is 9.90 Å². The second-order valence-corrected chi connectivity index (χ2v) is 6.28. The molecule has 4 nitrogen and oxygen atoms in total. The van der Waals surface area contributed by atoms with Crippen LogP contribution in [0.15, 0.2) is 12.1 Å². The number of hydrogen-bond donors (Lipinski definition) is 2. The van der Waals surface area contributed by atoms with Gasteiger partial charge >= 0.3 is 6.09 Å². The zero-order valence-corrected chi connectivity index (χ0v) is 14.0. The summed E-state index contributed by atoms with van der Waals surface area (Å²) in [6.45, 7) is 8.82. The van der Waals surface area contributed by atoms with E-state index in [1.807, 2.05) is 6.92 Å². The number of hydrogen-bond acceptors (Lipinski definition) is 2. The summed E-state index contributed by atoms with van der Waals surface area (Å²) in [6.07, 6.45) is 3.40. The van der Waals surface area contributed by atoms with Gasteiger partial charge in [0, 0.05) is 13.1 Å². The lowest BCUT2D eigenvalue weighted by atomic mass is 9.87. The van der Waals surface area contributed by atoms with Crippen LogP contribution < -0.4 is 10.2 Å². The molecule has 2 N–H and O–H groups in total. The molecule has 4 heteroatoms. The highest BCUT2D eigenvalue weighted by atomic mass is 16.4. The number of aryl methyl sites for hydroxylation is 1. The summed E-state index contributed by atoms with van der Waals surface area (Å²) in [5.41, 5.74) is 4.37. The van der Waals surface area contributed by atoms with Crippen molar-refractivity contribution >= 4 is 11.8 Å². The molecule has 1 atom stereocenters. The molecule has 1 heterocycles. The van der Waals surface area contributed by atoms with Crippen molar-refractivity contribution in [1.29, 1.82) is 0 Å². The predicted molar refractivity (Wildman–Crippen MR) is 91.0 cm³/mol. The number of rotatable bonds is 5. The fourth-order valence-electron chi connectivity index (χ4n) is 3.45. The first-order valence-corrected chi connectivity index (χ1v) is 8.37. The minimum absolute atomic E-state index is 0.495. The van der Waals surface area contributed by atoms with Crippen LogP contribution >= 0.6 is 0 Å². The Hall–Kier alpha value is -1.55. The average molecular weight is 304 g/mol. The molecule has 0 radical (unpaired) electrons. The summed E-state index contributed by atoms with van der Waals surface area (Å²) in [5.74, 6) is 0.495. The molecule has 1 aliphatic heterocycles. The van der Waals surface area contributed by atoms with Gasteiger partial charge < -0.3 is 10.4 Å². The third kappa shape index (κ3) is 3.61. The molecule has 1 amide bonds. The van der Waals surface area contributed by atoms with E-state index >= 15 is 0 Å². The van der Waals surface area contributed by atoms with Crippen molar-refractivity contribution in [3.05, 3.63) is 28.8 Å². The highest BCUT2D eigenvalue weighted by Gasteiger charge is 2.23. The van der Waals surface area contributed by atoms with Crippen molar-refractivity contribution in [2.75, 3.05) is 24.5 Å². The zero-order valence-electron chi connectivity index (χ0n) is 14.0. The van der Waals surface area contributed by atoms with Crippen molar-refractivity contribution < 1.29 is 9.90 Å². The minimum atomic E-state index is -0.849. The Bertz CT molecular complexity index is 522. The van der Waals surface area contributed by atoms with E-state index in [1.165, 1.54) is 23.3 Å². The van der Waals surface area contributed by atoms with Gasteiger partial charge in [0.15, 0.2) is 0 Å². The molecule has 22 heavy (non-hydrogen) atoms. The van der Waals surface area contributed by atoms with Crippen LogP contribution in [-0.2, 0) is 0 Å². The maximum atomic E-state index is 11.7. The molecule has 2 rings (SSSR count). The van der Waals surface area contributed by atoms with Crippen molar-refractivity contribution in [1.82, 2.24) is 5.32 Å². The Morgan fingerprint density at radius 3 is 2.77 bits per heavy atom. The molecule has 122 valence electrons. The molecule has 0 bridgehead atoms. The average Bonchev–Trinajstić information content (AvgIpc) is 2.51. The highest BCUT2D eigenvalue weighted by Crippen LogP contribution is 2.34. The highest BCUT2D eigenvalue weighted by molar-refractivity contribution is 5.88. The van der Waals surface area contributed by atoms with Crippen LogP contribution in [0.3, 0.4) is 0 Å². The first-order chi connectivity index (χ1) is 10.6. The number of piperidine rings is 1. The summed E-state index contributed by atoms with van der Waals surface area (Å²) in [4.78, 5) is 13.2. The van der Waals surface area contributed by atoms with Gasteiger partial charge in [0.05, 0.1) is 5.69 Å². The molecule has 1 aliphatic rings. The van der Waals surface area contributed by atoms with E-state index in [2.05, 4.69) is 31.3 Å². The SMILES string of the molecule is CCCCN(C(=O)O)c1c(C)ccc(C2CCCNC2)c1C. The van der Waals surface area contributed by atoms with Crippen LogP contribution in [0.5, 0.6) is 0 Å². The monoisotopic (exact) mass is 304 g/mol. The van der Waals surface area contributed by atoms with Crippen LogP contribution in [-0.4, -0.2) is 30.8 Å². The van der Waals surface area contributed by atoms with Crippen molar-refractivity contribution in [3.63, 3.8) is 0 Å². The molecular formula is C18H28N2O2. The summed E-state index contributed by atoms with van der Waals surface area (Å²) in [5, 5.41) is 13.1. The van der Waals surface area contributed by atoms with E-state index in [-0.39, 0.29) is 0 Å². The van der Waals surface area contributed by atoms with Crippen LogP contribution in [0.25, 0.3) is 0 Å². The molecule has 0 aromatic heterocycles. The van der Waals surface area contributed by atoms with E-state index in [0.717, 1.165) is 42.7 Å². The first kappa shape index (κ1) is 16.8. The fraction of sp³-hybridized carbons (Fsp3) is 0.611. The van der Waals surface area contributed by atoms with Crippen molar-refractivity contribution in [3.8, 4) is 0 Å². The summed E-state index contributed by atoms with van der Waals surface area (Å²) >= 11 is 0. The Balaban J connectivity index is 2.38. The number of unbranched alkanes of at least 4 members (excludes halogenated alkanes) is 1. The van der Waals surface area contributed by atoms with E-state index in [0.29, 0.717) is 12.5 Å². The van der Waals surface area contributed by atoms with Crippen LogP contribution in [0.4, 0.5) is 10.5 Å². The molecule has 1 fully saturated rings. The van der Waals surface area contributed by atoms with Gasteiger partial charge in [-0.25, -0.2) is 4.79 Å². The lowest BCUT2D eigenvalue weighted by molar-refractivity contribution is 0.201. The van der Waals surface area contributed by atoms with Gasteiger partial charge in [-0.1, -0.05) is 25.5 Å². The Morgan fingerprint density at radius 2 is 2.18 bits per heavy atom. The number of amides is 1. The lowest BCUT2D eigenvalue weighted by Crippen LogP contribution is -2.33. The number of nitrogens with one attached hydrogen (secondary N) is 1. The molecule has 0 spiro atoms. The van der Waals surface area contributed by atoms with Gasteiger partial charge in [-0.2, -0.15) is 0 Å². The zero-order chi connectivity index (χ0) is 16.1. The molecule has 0 saturated carbocycles. The lowest BCUT2D eigenvalue weighted by Gasteiger charge is -2.29. The van der Waals surface area contributed by atoms with Crippen LogP contribution in [0, 0.1) is 13.8 Å². The van der Waals surface area contributed by atoms with E-state index < -0.39 is 6.09 Å². The maximum absolute atomic E-state index is 11.7. The van der Waals surface area contributed by atoms with E-state index in [1.54, 1.807) is 0 Å². The van der Waals surface area contributed by atoms with E-state index in [4.69, 9.17) is 0 Å². The molecule has 1 aromatic carbocycles. The number of carboxylic acid groups (broad SMARTS) is 1. The van der Waals surface area contributed by atoms with Gasteiger partial charge in [0.2, 0.25) is 0 Å². The number of benzene rings is 1. The summed E-state index contributed by atoms with van der Waals surface area (Å²) in [7, 11) is 0. The van der Waals surface area contributed by atoms with Crippen LogP contribution in [0.1, 0.15) is 55.2 Å². The quantitative estimate of drug-likeness (QED) is 0.862. The fourth-order valence-corrected chi connectivity index (χ4v) is 3.45. The smallest absolute Gasteiger partial charge is 0.411 e. The van der Waals surface area contributed by atoms with Gasteiger partial charge in [-0.15, -0.1) is 0 Å². The number of anilines is 1. The second kappa shape index (κ2) is 7.63. The predicted octanol–water partition coefficient (Wildman–Crippen LogP) is 4.05. The molecule has 1 aromatic rings. The van der Waals surface area contributed by atoms with Crippen molar-refractivity contribution in [2.45, 2.75) is 52.4 Å². The standard InChI is InChI=1S/C18H28N2O2/c1-4-5-11-20(18(21)22)17-13(2)8-9-16(14(17)3)15-7-6-10-19-12-15/h8-9,15,19H,4-7,10-12H2,1-3H3,(H,21,22). The van der Waals surface area contributed by atoms with Gasteiger partial charge in [0.25, 0.3) is 0 Å². The topological polar surface area (TPSA) is 52.6 Å². The molecule has 1 saturated heterocycles.